The standard InChI is InChI=1S/C13H21NO2/c1-9-5-6-11(12(14)7-8-15-3)13(16-4)10(9)2/h5-6,12H,7-8,14H2,1-4H3. The van der Waals surface area contributed by atoms with Crippen molar-refractivity contribution in [3.05, 3.63) is 28.8 Å². The molecule has 0 aliphatic heterocycles. The molecule has 1 rings (SSSR count). The average molecular weight is 223 g/mol. The number of ether oxygens (including phenoxy) is 2. The minimum Gasteiger partial charge on any atom is -0.496 e. The maximum atomic E-state index is 6.12. The Labute approximate surface area is 97.6 Å². The lowest BCUT2D eigenvalue weighted by Crippen LogP contribution is -2.14. The first-order valence-corrected chi connectivity index (χ1v) is 5.50. The van der Waals surface area contributed by atoms with Gasteiger partial charge in [0.05, 0.1) is 7.11 Å². The molecule has 1 unspecified atom stereocenters. The van der Waals surface area contributed by atoms with E-state index in [1.165, 1.54) is 5.56 Å². The van der Waals surface area contributed by atoms with Crippen LogP contribution in [-0.2, 0) is 4.74 Å². The van der Waals surface area contributed by atoms with Gasteiger partial charge in [0.15, 0.2) is 0 Å². The molecule has 90 valence electrons. The predicted octanol–water partition coefficient (Wildman–Crippen LogP) is 2.35. The molecule has 0 aromatic heterocycles. The highest BCUT2D eigenvalue weighted by Gasteiger charge is 2.14. The summed E-state index contributed by atoms with van der Waals surface area (Å²) in [5, 5.41) is 0. The zero-order valence-electron chi connectivity index (χ0n) is 10.5. The number of benzene rings is 1. The van der Waals surface area contributed by atoms with Gasteiger partial charge >= 0.3 is 0 Å². The summed E-state index contributed by atoms with van der Waals surface area (Å²) in [6, 6.07) is 4.09. The van der Waals surface area contributed by atoms with Crippen LogP contribution in [0.2, 0.25) is 0 Å². The Morgan fingerprint density at radius 2 is 1.94 bits per heavy atom. The van der Waals surface area contributed by atoms with Crippen LogP contribution in [0.4, 0.5) is 0 Å². The second kappa shape index (κ2) is 5.87. The number of methoxy groups -OCH3 is 2. The van der Waals surface area contributed by atoms with E-state index in [1.54, 1.807) is 14.2 Å². The molecular formula is C13H21NO2. The molecule has 1 aromatic carbocycles. The van der Waals surface area contributed by atoms with Crippen LogP contribution in [0, 0.1) is 13.8 Å². The molecule has 3 heteroatoms. The highest BCUT2D eigenvalue weighted by Crippen LogP contribution is 2.31. The van der Waals surface area contributed by atoms with Crippen molar-refractivity contribution in [3.63, 3.8) is 0 Å². The first-order valence-electron chi connectivity index (χ1n) is 5.50. The van der Waals surface area contributed by atoms with Gasteiger partial charge in [-0.15, -0.1) is 0 Å². The molecule has 0 saturated heterocycles. The maximum absolute atomic E-state index is 6.12. The summed E-state index contributed by atoms with van der Waals surface area (Å²) in [6.45, 7) is 4.79. The van der Waals surface area contributed by atoms with E-state index >= 15 is 0 Å². The molecule has 0 fully saturated rings. The highest BCUT2D eigenvalue weighted by molar-refractivity contribution is 5.46. The summed E-state index contributed by atoms with van der Waals surface area (Å²) in [4.78, 5) is 0. The van der Waals surface area contributed by atoms with E-state index in [9.17, 15) is 0 Å². The SMILES string of the molecule is COCCC(N)c1ccc(C)c(C)c1OC. The Morgan fingerprint density at radius 1 is 1.25 bits per heavy atom. The Morgan fingerprint density at radius 3 is 2.50 bits per heavy atom. The van der Waals surface area contributed by atoms with Gasteiger partial charge < -0.3 is 15.2 Å². The molecule has 0 aliphatic rings. The van der Waals surface area contributed by atoms with Gasteiger partial charge in [0.25, 0.3) is 0 Å². The van der Waals surface area contributed by atoms with Gasteiger partial charge in [-0.05, 0) is 31.4 Å². The Bertz CT molecular complexity index is 350. The predicted molar refractivity (Wildman–Crippen MR) is 65.9 cm³/mol. The van der Waals surface area contributed by atoms with Crippen LogP contribution < -0.4 is 10.5 Å². The molecule has 16 heavy (non-hydrogen) atoms. The van der Waals surface area contributed by atoms with Gasteiger partial charge in [-0.3, -0.25) is 0 Å². The second-order valence-corrected chi connectivity index (χ2v) is 4.02. The van der Waals surface area contributed by atoms with Crippen LogP contribution in [0.3, 0.4) is 0 Å². The third-order valence-corrected chi connectivity index (χ3v) is 2.94. The van der Waals surface area contributed by atoms with Crippen molar-refractivity contribution < 1.29 is 9.47 Å². The van der Waals surface area contributed by atoms with Crippen molar-refractivity contribution in [2.45, 2.75) is 26.3 Å². The van der Waals surface area contributed by atoms with Crippen molar-refractivity contribution in [1.82, 2.24) is 0 Å². The number of nitrogens with two attached hydrogens (primary N) is 1. The summed E-state index contributed by atoms with van der Waals surface area (Å²) in [5.41, 5.74) is 9.56. The second-order valence-electron chi connectivity index (χ2n) is 4.02. The Balaban J connectivity index is 2.99. The normalized spacial score (nSPS) is 12.6. The Hall–Kier alpha value is -1.06. The first-order chi connectivity index (χ1) is 7.61. The maximum Gasteiger partial charge on any atom is 0.126 e. The number of rotatable bonds is 5. The molecule has 0 heterocycles. The van der Waals surface area contributed by atoms with E-state index in [4.69, 9.17) is 15.2 Å². The molecule has 2 N–H and O–H groups in total. The molecule has 1 aromatic rings. The van der Waals surface area contributed by atoms with E-state index < -0.39 is 0 Å². The van der Waals surface area contributed by atoms with E-state index in [1.807, 2.05) is 6.07 Å². The molecule has 0 bridgehead atoms. The van der Waals surface area contributed by atoms with E-state index in [0.717, 1.165) is 23.3 Å². The van der Waals surface area contributed by atoms with Crippen molar-refractivity contribution in [3.8, 4) is 5.75 Å². The summed E-state index contributed by atoms with van der Waals surface area (Å²) in [7, 11) is 3.37. The molecule has 0 spiro atoms. The smallest absolute Gasteiger partial charge is 0.126 e. The summed E-state index contributed by atoms with van der Waals surface area (Å²) in [6.07, 6.45) is 0.801. The van der Waals surface area contributed by atoms with Gasteiger partial charge in [0.1, 0.15) is 5.75 Å². The summed E-state index contributed by atoms with van der Waals surface area (Å²) >= 11 is 0. The zero-order valence-corrected chi connectivity index (χ0v) is 10.5. The van der Waals surface area contributed by atoms with E-state index in [0.29, 0.717) is 6.61 Å². The third kappa shape index (κ3) is 2.74. The molecular weight excluding hydrogens is 202 g/mol. The molecule has 0 aliphatic carbocycles. The minimum absolute atomic E-state index is 0.0331. The van der Waals surface area contributed by atoms with Gasteiger partial charge in [0, 0.05) is 25.3 Å². The van der Waals surface area contributed by atoms with Crippen molar-refractivity contribution in [2.75, 3.05) is 20.8 Å². The van der Waals surface area contributed by atoms with Crippen LogP contribution in [0.1, 0.15) is 29.2 Å². The fourth-order valence-corrected chi connectivity index (χ4v) is 1.77. The molecule has 0 saturated carbocycles. The van der Waals surface area contributed by atoms with Crippen molar-refractivity contribution in [1.29, 1.82) is 0 Å². The van der Waals surface area contributed by atoms with Crippen LogP contribution in [-0.4, -0.2) is 20.8 Å². The lowest BCUT2D eigenvalue weighted by Gasteiger charge is -2.18. The van der Waals surface area contributed by atoms with E-state index in [2.05, 4.69) is 19.9 Å². The van der Waals surface area contributed by atoms with Crippen molar-refractivity contribution in [2.24, 2.45) is 5.73 Å². The average Bonchev–Trinajstić information content (AvgIpc) is 2.29. The third-order valence-electron chi connectivity index (χ3n) is 2.94. The van der Waals surface area contributed by atoms with Crippen LogP contribution in [0.25, 0.3) is 0 Å². The lowest BCUT2D eigenvalue weighted by atomic mass is 9.98. The van der Waals surface area contributed by atoms with Gasteiger partial charge in [-0.25, -0.2) is 0 Å². The minimum atomic E-state index is -0.0331. The zero-order chi connectivity index (χ0) is 12.1. The van der Waals surface area contributed by atoms with Crippen LogP contribution in [0.15, 0.2) is 12.1 Å². The summed E-state index contributed by atoms with van der Waals surface area (Å²) in [5.74, 6) is 0.906. The molecule has 1 atom stereocenters. The van der Waals surface area contributed by atoms with Gasteiger partial charge in [0.2, 0.25) is 0 Å². The van der Waals surface area contributed by atoms with Crippen LogP contribution >= 0.6 is 0 Å². The van der Waals surface area contributed by atoms with Crippen molar-refractivity contribution >= 4 is 0 Å². The topological polar surface area (TPSA) is 44.5 Å². The lowest BCUT2D eigenvalue weighted by molar-refractivity contribution is 0.187. The van der Waals surface area contributed by atoms with E-state index in [-0.39, 0.29) is 6.04 Å². The quantitative estimate of drug-likeness (QED) is 0.833. The fourth-order valence-electron chi connectivity index (χ4n) is 1.77. The fraction of sp³-hybridized carbons (Fsp3) is 0.538. The molecule has 3 nitrogen and oxygen atoms in total. The monoisotopic (exact) mass is 223 g/mol. The Kier molecular flexibility index (Phi) is 4.77. The summed E-state index contributed by atoms with van der Waals surface area (Å²) < 4.78 is 10.5. The largest absolute Gasteiger partial charge is 0.496 e. The number of hydrogen-bond donors (Lipinski definition) is 1. The highest BCUT2D eigenvalue weighted by atomic mass is 16.5. The number of hydrogen-bond acceptors (Lipinski definition) is 3. The molecule has 0 amide bonds. The van der Waals surface area contributed by atoms with Gasteiger partial charge in [-0.2, -0.15) is 0 Å². The first kappa shape index (κ1) is 13.0. The van der Waals surface area contributed by atoms with Gasteiger partial charge in [-0.1, -0.05) is 12.1 Å². The molecule has 0 radical (unpaired) electrons. The van der Waals surface area contributed by atoms with Crippen LogP contribution in [0.5, 0.6) is 5.75 Å². The number of aryl methyl sites for hydroxylation is 1.